The van der Waals surface area contributed by atoms with Crippen LogP contribution < -0.4 is 0 Å². The van der Waals surface area contributed by atoms with E-state index in [-0.39, 0.29) is 13.2 Å². The fraction of sp³-hybridized carbons (Fsp3) is 1.00. The number of hydrogen-bond donors (Lipinski definition) is 2. The second kappa shape index (κ2) is 18.5. The van der Waals surface area contributed by atoms with Crippen molar-refractivity contribution in [1.82, 2.24) is 0 Å². The molecule has 0 fully saturated rings. The molecule has 0 heterocycles. The first-order valence-electron chi connectivity index (χ1n) is 13.7. The van der Waals surface area contributed by atoms with E-state index in [4.69, 9.17) is 30.4 Å². The Balaban J connectivity index is 0. The van der Waals surface area contributed by atoms with Crippen molar-refractivity contribution in [3.63, 3.8) is 0 Å². The van der Waals surface area contributed by atoms with Crippen molar-refractivity contribution in [1.29, 1.82) is 0 Å². The first kappa shape index (κ1) is 39.3. The van der Waals surface area contributed by atoms with Gasteiger partial charge < -0.3 is 35.5 Å². The van der Waals surface area contributed by atoms with Gasteiger partial charge in [0.15, 0.2) is 16.6 Å². The van der Waals surface area contributed by atoms with Crippen LogP contribution in [0, 0.1) is 0 Å². The molecule has 0 aliphatic carbocycles. The van der Waals surface area contributed by atoms with Crippen molar-refractivity contribution in [3.8, 4) is 0 Å². The van der Waals surface area contributed by atoms with Gasteiger partial charge in [0.1, 0.15) is 25.6 Å². The molecule has 0 aromatic rings. The predicted octanol–water partition coefficient (Wildman–Crippen LogP) is 4.01. The first-order valence-corrected chi connectivity index (χ1v) is 32.0. The van der Waals surface area contributed by atoms with E-state index < -0.39 is 67.9 Å². The van der Waals surface area contributed by atoms with Crippen LogP contribution in [0.4, 0.5) is 0 Å². The molecular formula is C21H60O8Si7. The van der Waals surface area contributed by atoms with Gasteiger partial charge in [-0.15, -0.1) is 0 Å². The Morgan fingerprint density at radius 1 is 0.722 bits per heavy atom. The van der Waals surface area contributed by atoms with Gasteiger partial charge in [-0.3, -0.25) is 0 Å². The zero-order chi connectivity index (χ0) is 28.7. The van der Waals surface area contributed by atoms with Gasteiger partial charge in [-0.2, -0.15) is 0 Å². The van der Waals surface area contributed by atoms with E-state index in [0.717, 1.165) is 24.6 Å². The summed E-state index contributed by atoms with van der Waals surface area (Å²) in [6.07, 6.45) is -0.0405. The van der Waals surface area contributed by atoms with Gasteiger partial charge in [-0.05, 0) is 83.5 Å². The molecule has 0 aromatic heterocycles. The fourth-order valence-corrected chi connectivity index (χ4v) is 33.1. The van der Waals surface area contributed by atoms with Gasteiger partial charge >= 0.3 is 25.7 Å². The molecule has 0 radical (unpaired) electrons. The molecule has 8 nitrogen and oxygen atoms in total. The maximum absolute atomic E-state index is 9.47. The highest BCUT2D eigenvalue weighted by Crippen LogP contribution is 2.32. The Bertz CT molecular complexity index is 569. The van der Waals surface area contributed by atoms with Gasteiger partial charge in [0.2, 0.25) is 0 Å². The van der Waals surface area contributed by atoms with Gasteiger partial charge in [0.25, 0.3) is 0 Å². The molecular weight excluding hydrogens is 577 g/mol. The maximum Gasteiger partial charge on any atom is 0.317 e. The number of aliphatic hydroxyl groups excluding tert-OH is 2. The molecule has 3 unspecified atom stereocenters. The molecule has 0 aromatic carbocycles. The molecule has 0 saturated carbocycles. The average Bonchev–Trinajstić information content (AvgIpc) is 2.71. The lowest BCUT2D eigenvalue weighted by Gasteiger charge is -2.42. The zero-order valence-electron chi connectivity index (χ0n) is 25.8. The van der Waals surface area contributed by atoms with Crippen molar-refractivity contribution >= 4 is 61.8 Å². The Kier molecular flexibility index (Phi) is 20.2. The van der Waals surface area contributed by atoms with E-state index in [1.54, 1.807) is 0 Å². The molecule has 0 aliphatic heterocycles. The van der Waals surface area contributed by atoms with Crippen molar-refractivity contribution in [2.75, 3.05) is 19.8 Å². The lowest BCUT2D eigenvalue weighted by Crippen LogP contribution is -2.58. The molecule has 0 spiro atoms. The van der Waals surface area contributed by atoms with Crippen LogP contribution in [0.3, 0.4) is 0 Å². The van der Waals surface area contributed by atoms with Crippen molar-refractivity contribution in [3.05, 3.63) is 0 Å². The van der Waals surface area contributed by atoms with E-state index >= 15 is 0 Å². The molecule has 220 valence electrons. The van der Waals surface area contributed by atoms with Crippen LogP contribution in [0.2, 0.25) is 90.1 Å². The van der Waals surface area contributed by atoms with E-state index in [9.17, 15) is 5.11 Å². The lowest BCUT2D eigenvalue weighted by molar-refractivity contribution is 0.00624. The zero-order valence-corrected chi connectivity index (χ0v) is 33.6. The monoisotopic (exact) mass is 636 g/mol. The molecule has 3 atom stereocenters. The van der Waals surface area contributed by atoms with Gasteiger partial charge in [0, 0.05) is 6.61 Å². The minimum absolute atomic E-state index is 0.142. The number of ether oxygens (including phenoxy) is 1. The van der Waals surface area contributed by atoms with Crippen molar-refractivity contribution < 1.29 is 35.5 Å². The standard InChI is InChI=1S/C19H54O8Si7.C2H6/c1-28-23-32(8,9)26-34(11,16-15-31(6,7)25-30(3,4)5)27-33(10,24-29-2)14-12-13-22-18-19(21)17-20;1-2/h19-21H,12-18,28-29H2,1-11H3;1-2H3. The van der Waals surface area contributed by atoms with Crippen LogP contribution in [0.5, 0.6) is 0 Å². The molecule has 0 rings (SSSR count). The third kappa shape index (κ3) is 20.2. The summed E-state index contributed by atoms with van der Waals surface area (Å²) in [4.78, 5) is 0. The third-order valence-corrected chi connectivity index (χ3v) is 28.8. The molecule has 0 saturated heterocycles. The van der Waals surface area contributed by atoms with Gasteiger partial charge in [-0.25, -0.2) is 0 Å². The van der Waals surface area contributed by atoms with Crippen molar-refractivity contribution in [2.45, 2.75) is 117 Å². The largest absolute Gasteiger partial charge is 0.456 e. The average molecular weight is 637 g/mol. The van der Waals surface area contributed by atoms with E-state index in [1.165, 1.54) is 0 Å². The highest BCUT2D eigenvalue weighted by atomic mass is 28.5. The molecule has 36 heavy (non-hydrogen) atoms. The summed E-state index contributed by atoms with van der Waals surface area (Å²) < 4.78 is 38.5. The summed E-state index contributed by atoms with van der Waals surface area (Å²) in [7, 11) is -12.1. The SMILES string of the molecule is CC.C[SiH2]O[Si](C)(C)O[Si](C)(CC[Si](C)(C)O[Si](C)(C)C)O[Si](C)(CCCOCC(O)CO)O[SiH2]C. The van der Waals surface area contributed by atoms with Gasteiger partial charge in [-0.1, -0.05) is 26.9 Å². The van der Waals surface area contributed by atoms with Crippen LogP contribution in [-0.2, 0) is 25.3 Å². The summed E-state index contributed by atoms with van der Waals surface area (Å²) in [6, 6.07) is 2.70. The van der Waals surface area contributed by atoms with Crippen LogP contribution in [0.25, 0.3) is 0 Å². The molecule has 2 N–H and O–H groups in total. The topological polar surface area (TPSA) is 95.8 Å². The van der Waals surface area contributed by atoms with Crippen LogP contribution >= 0.6 is 0 Å². The van der Waals surface area contributed by atoms with E-state index in [2.05, 4.69) is 72.0 Å². The van der Waals surface area contributed by atoms with Crippen molar-refractivity contribution in [2.24, 2.45) is 0 Å². The number of rotatable bonds is 20. The second-order valence-electron chi connectivity index (χ2n) is 11.2. The smallest absolute Gasteiger partial charge is 0.317 e. The minimum Gasteiger partial charge on any atom is -0.456 e. The van der Waals surface area contributed by atoms with Crippen LogP contribution in [0.1, 0.15) is 20.3 Å². The molecule has 0 amide bonds. The van der Waals surface area contributed by atoms with E-state index in [1.807, 2.05) is 13.8 Å². The number of aliphatic hydroxyl groups is 2. The van der Waals surface area contributed by atoms with Gasteiger partial charge in [0.05, 0.1) is 13.2 Å². The van der Waals surface area contributed by atoms with Crippen LogP contribution in [0.15, 0.2) is 0 Å². The summed E-state index contributed by atoms with van der Waals surface area (Å²) in [5.41, 5.74) is 0. The highest BCUT2D eigenvalue weighted by molar-refractivity contribution is 6.89. The minimum atomic E-state index is -2.60. The highest BCUT2D eigenvalue weighted by Gasteiger charge is 2.47. The second-order valence-corrected chi connectivity index (χ2v) is 33.7. The quantitative estimate of drug-likeness (QED) is 0.153. The molecule has 15 heteroatoms. The van der Waals surface area contributed by atoms with E-state index in [0.29, 0.717) is 6.61 Å². The number of hydrogen-bond acceptors (Lipinski definition) is 8. The Labute approximate surface area is 233 Å². The normalized spacial score (nSPS) is 17.8. The lowest BCUT2D eigenvalue weighted by atomic mass is 10.4. The first-order chi connectivity index (χ1) is 16.4. The summed E-state index contributed by atoms with van der Waals surface area (Å²) >= 11 is 0. The summed E-state index contributed by atoms with van der Waals surface area (Å²) in [5, 5.41) is 18.4. The summed E-state index contributed by atoms with van der Waals surface area (Å²) in [5.74, 6) is 0. The molecule has 0 aliphatic rings. The maximum atomic E-state index is 9.47. The third-order valence-electron chi connectivity index (χ3n) is 5.04. The summed E-state index contributed by atoms with van der Waals surface area (Å²) in [6.45, 7) is 28.7. The predicted molar refractivity (Wildman–Crippen MR) is 170 cm³/mol. The van der Waals surface area contributed by atoms with Crippen LogP contribution in [-0.4, -0.2) is 98.0 Å². The Morgan fingerprint density at radius 3 is 1.75 bits per heavy atom. The fourth-order valence-electron chi connectivity index (χ4n) is 4.11. The molecule has 0 bridgehead atoms. The Hall–Kier alpha value is 1.20. The Morgan fingerprint density at radius 2 is 1.28 bits per heavy atom.